The molecule has 0 bridgehead atoms. The summed E-state index contributed by atoms with van der Waals surface area (Å²) in [6.07, 6.45) is 5.36. The summed E-state index contributed by atoms with van der Waals surface area (Å²) in [7, 11) is 0. The third-order valence-electron chi connectivity index (χ3n) is 2.37. The number of nitrogens with zero attached hydrogens (tertiary/aromatic N) is 2. The Morgan fingerprint density at radius 1 is 1.56 bits per heavy atom. The van der Waals surface area contributed by atoms with Gasteiger partial charge in [-0.05, 0) is 26.0 Å². The Hall–Kier alpha value is -1.40. The van der Waals surface area contributed by atoms with Crippen LogP contribution in [0.15, 0.2) is 16.8 Å². The van der Waals surface area contributed by atoms with Gasteiger partial charge in [0.1, 0.15) is 12.3 Å². The first-order valence-corrected chi connectivity index (χ1v) is 5.36. The smallest absolute Gasteiger partial charge is 0.255 e. The van der Waals surface area contributed by atoms with Crippen LogP contribution in [0.1, 0.15) is 30.7 Å². The van der Waals surface area contributed by atoms with E-state index in [9.17, 15) is 0 Å². The SMILES string of the molecule is Cc1noc(C2CCC(N/C=C\CN)O2)n1. The molecule has 1 saturated heterocycles. The average Bonchev–Trinajstić information content (AvgIpc) is 2.87. The number of hydrogen-bond donors (Lipinski definition) is 2. The topological polar surface area (TPSA) is 86.2 Å². The van der Waals surface area contributed by atoms with Gasteiger partial charge in [-0.25, -0.2) is 0 Å². The Balaban J connectivity index is 1.86. The Morgan fingerprint density at radius 2 is 2.44 bits per heavy atom. The predicted molar refractivity (Wildman–Crippen MR) is 57.2 cm³/mol. The largest absolute Gasteiger partial charge is 0.366 e. The molecule has 0 aliphatic carbocycles. The van der Waals surface area contributed by atoms with Gasteiger partial charge in [0.25, 0.3) is 5.89 Å². The lowest BCUT2D eigenvalue weighted by Gasteiger charge is -2.10. The maximum Gasteiger partial charge on any atom is 0.255 e. The second-order valence-electron chi connectivity index (χ2n) is 3.68. The van der Waals surface area contributed by atoms with Crippen LogP contribution >= 0.6 is 0 Å². The lowest BCUT2D eigenvalue weighted by Crippen LogP contribution is -2.23. The van der Waals surface area contributed by atoms with Crippen molar-refractivity contribution in [3.05, 3.63) is 24.0 Å². The minimum Gasteiger partial charge on any atom is -0.366 e. The molecule has 16 heavy (non-hydrogen) atoms. The normalized spacial score (nSPS) is 25.4. The molecule has 1 aromatic heterocycles. The third kappa shape index (κ3) is 2.59. The van der Waals surface area contributed by atoms with E-state index in [-0.39, 0.29) is 12.3 Å². The molecule has 1 fully saturated rings. The molecule has 88 valence electrons. The minimum absolute atomic E-state index is 0.00000567. The number of rotatable bonds is 4. The van der Waals surface area contributed by atoms with E-state index >= 15 is 0 Å². The van der Waals surface area contributed by atoms with Crippen molar-refractivity contribution in [3.8, 4) is 0 Å². The van der Waals surface area contributed by atoms with E-state index in [0.29, 0.717) is 18.3 Å². The molecule has 0 aromatic carbocycles. The number of hydrogen-bond acceptors (Lipinski definition) is 6. The zero-order valence-electron chi connectivity index (χ0n) is 9.22. The molecule has 3 N–H and O–H groups in total. The van der Waals surface area contributed by atoms with Crippen molar-refractivity contribution in [3.63, 3.8) is 0 Å². The summed E-state index contributed by atoms with van der Waals surface area (Å²) in [5.41, 5.74) is 5.33. The van der Waals surface area contributed by atoms with Crippen LogP contribution in [0.2, 0.25) is 0 Å². The van der Waals surface area contributed by atoms with Crippen molar-refractivity contribution in [1.82, 2.24) is 15.5 Å². The number of nitrogens with two attached hydrogens (primary N) is 1. The molecule has 0 amide bonds. The Kier molecular flexibility index (Phi) is 3.53. The summed E-state index contributed by atoms with van der Waals surface area (Å²) in [4.78, 5) is 4.16. The molecule has 1 aromatic rings. The molecule has 2 rings (SSSR count). The van der Waals surface area contributed by atoms with Gasteiger partial charge in [0.15, 0.2) is 5.82 Å². The summed E-state index contributed by atoms with van der Waals surface area (Å²) in [5, 5.41) is 6.86. The summed E-state index contributed by atoms with van der Waals surface area (Å²) in [6.45, 7) is 2.31. The zero-order chi connectivity index (χ0) is 11.4. The van der Waals surface area contributed by atoms with Crippen molar-refractivity contribution in [2.24, 2.45) is 5.73 Å². The van der Waals surface area contributed by atoms with Gasteiger partial charge in [-0.3, -0.25) is 0 Å². The van der Waals surface area contributed by atoms with Gasteiger partial charge in [0.05, 0.1) is 0 Å². The molecule has 6 heteroatoms. The fourth-order valence-corrected chi connectivity index (χ4v) is 1.63. The average molecular weight is 224 g/mol. The van der Waals surface area contributed by atoms with Gasteiger partial charge >= 0.3 is 0 Å². The van der Waals surface area contributed by atoms with E-state index < -0.39 is 0 Å². The lowest BCUT2D eigenvalue weighted by atomic mass is 10.2. The molecule has 2 unspecified atom stereocenters. The summed E-state index contributed by atoms with van der Waals surface area (Å²) < 4.78 is 10.8. The van der Waals surface area contributed by atoms with Crippen LogP contribution in [0.4, 0.5) is 0 Å². The van der Waals surface area contributed by atoms with Gasteiger partial charge in [-0.1, -0.05) is 11.2 Å². The summed E-state index contributed by atoms with van der Waals surface area (Å²) in [6, 6.07) is 0. The first kappa shape index (κ1) is 11.1. The van der Waals surface area contributed by atoms with Crippen molar-refractivity contribution in [1.29, 1.82) is 0 Å². The minimum atomic E-state index is -0.0926. The van der Waals surface area contributed by atoms with E-state index in [1.807, 2.05) is 12.3 Å². The van der Waals surface area contributed by atoms with Crippen LogP contribution in [0.5, 0.6) is 0 Å². The van der Waals surface area contributed by atoms with Crippen molar-refractivity contribution < 1.29 is 9.26 Å². The van der Waals surface area contributed by atoms with Gasteiger partial charge in [0.2, 0.25) is 0 Å². The van der Waals surface area contributed by atoms with Crippen molar-refractivity contribution in [2.75, 3.05) is 6.54 Å². The van der Waals surface area contributed by atoms with Crippen molar-refractivity contribution in [2.45, 2.75) is 32.1 Å². The lowest BCUT2D eigenvalue weighted by molar-refractivity contribution is 0.0158. The van der Waals surface area contributed by atoms with E-state index in [1.165, 1.54) is 0 Å². The van der Waals surface area contributed by atoms with Crippen LogP contribution in [-0.4, -0.2) is 22.9 Å². The highest BCUT2D eigenvalue weighted by Gasteiger charge is 2.29. The van der Waals surface area contributed by atoms with Gasteiger partial charge in [0, 0.05) is 6.54 Å². The summed E-state index contributed by atoms with van der Waals surface area (Å²) in [5.74, 6) is 1.20. The number of ether oxygens (including phenoxy) is 1. The molecule has 2 heterocycles. The van der Waals surface area contributed by atoms with E-state index in [1.54, 1.807) is 6.92 Å². The first-order chi connectivity index (χ1) is 7.79. The third-order valence-corrected chi connectivity index (χ3v) is 2.37. The standard InChI is InChI=1S/C10H16N4O2/c1-7-13-10(16-14-7)8-3-4-9(15-8)12-6-2-5-11/h2,6,8-9,12H,3-5,11H2,1H3/b6-2-. The molecule has 0 spiro atoms. The predicted octanol–water partition coefficient (Wildman–Crippen LogP) is 0.618. The molecular formula is C10H16N4O2. The second-order valence-corrected chi connectivity index (χ2v) is 3.68. The zero-order valence-corrected chi connectivity index (χ0v) is 9.22. The van der Waals surface area contributed by atoms with E-state index in [0.717, 1.165) is 12.8 Å². The highest BCUT2D eigenvalue weighted by atomic mass is 16.5. The second kappa shape index (κ2) is 5.09. The maximum absolute atomic E-state index is 5.71. The molecule has 1 aliphatic heterocycles. The summed E-state index contributed by atoms with van der Waals surface area (Å²) >= 11 is 0. The molecule has 0 saturated carbocycles. The Labute approximate surface area is 93.8 Å². The quantitative estimate of drug-likeness (QED) is 0.779. The Bertz CT molecular complexity index is 363. The van der Waals surface area contributed by atoms with Crippen LogP contribution in [0.25, 0.3) is 0 Å². The fraction of sp³-hybridized carbons (Fsp3) is 0.600. The molecule has 2 atom stereocenters. The number of aryl methyl sites for hydroxylation is 1. The highest BCUT2D eigenvalue weighted by molar-refractivity contribution is 4.92. The van der Waals surface area contributed by atoms with Crippen LogP contribution in [-0.2, 0) is 4.74 Å². The molecule has 0 radical (unpaired) electrons. The van der Waals surface area contributed by atoms with Gasteiger partial charge in [-0.15, -0.1) is 0 Å². The van der Waals surface area contributed by atoms with Crippen molar-refractivity contribution >= 4 is 0 Å². The van der Waals surface area contributed by atoms with Gasteiger partial charge < -0.3 is 20.3 Å². The van der Waals surface area contributed by atoms with E-state index in [4.69, 9.17) is 15.0 Å². The number of aromatic nitrogens is 2. The van der Waals surface area contributed by atoms with Gasteiger partial charge in [-0.2, -0.15) is 4.98 Å². The molecule has 1 aliphatic rings. The monoisotopic (exact) mass is 224 g/mol. The number of nitrogens with one attached hydrogen (secondary N) is 1. The van der Waals surface area contributed by atoms with Crippen LogP contribution in [0, 0.1) is 6.92 Å². The van der Waals surface area contributed by atoms with Crippen LogP contribution < -0.4 is 11.1 Å². The fourth-order valence-electron chi connectivity index (χ4n) is 1.63. The van der Waals surface area contributed by atoms with E-state index in [2.05, 4.69) is 15.5 Å². The highest BCUT2D eigenvalue weighted by Crippen LogP contribution is 2.30. The first-order valence-electron chi connectivity index (χ1n) is 5.36. The van der Waals surface area contributed by atoms with Crippen LogP contribution in [0.3, 0.4) is 0 Å². The maximum atomic E-state index is 5.71. The molecule has 6 nitrogen and oxygen atoms in total. The molecular weight excluding hydrogens is 208 g/mol. The Morgan fingerprint density at radius 3 is 3.12 bits per heavy atom.